The molecule has 0 saturated carbocycles. The molecule has 0 aliphatic heterocycles. The van der Waals surface area contributed by atoms with Crippen molar-refractivity contribution in [2.24, 2.45) is 0 Å². The molecule has 7 heteroatoms. The average molecular weight is 425 g/mol. The summed E-state index contributed by atoms with van der Waals surface area (Å²) < 4.78 is 6.33. The van der Waals surface area contributed by atoms with Gasteiger partial charge in [0.1, 0.15) is 4.83 Å². The lowest BCUT2D eigenvalue weighted by Gasteiger charge is -2.08. The third-order valence-electron chi connectivity index (χ3n) is 4.69. The molecule has 2 aromatic carbocycles. The highest BCUT2D eigenvalue weighted by atomic mass is 35.5. The van der Waals surface area contributed by atoms with Gasteiger partial charge < -0.3 is 4.74 Å². The van der Waals surface area contributed by atoms with E-state index in [4.69, 9.17) is 16.3 Å². The van der Waals surface area contributed by atoms with Gasteiger partial charge in [0.2, 0.25) is 0 Å². The van der Waals surface area contributed by atoms with E-state index in [2.05, 4.69) is 4.98 Å². The molecular weight excluding hydrogens is 408 g/mol. The van der Waals surface area contributed by atoms with Crippen LogP contribution in [0, 0.1) is 6.92 Å². The number of thiophene rings is 1. The Morgan fingerprint density at radius 3 is 2.69 bits per heavy atom. The topological polar surface area (TPSA) is 61.2 Å². The van der Waals surface area contributed by atoms with Crippen molar-refractivity contribution in [1.29, 1.82) is 0 Å². The van der Waals surface area contributed by atoms with Crippen LogP contribution < -0.4 is 5.56 Å². The van der Waals surface area contributed by atoms with Gasteiger partial charge in [-0.25, -0.2) is 9.78 Å². The Labute approximate surface area is 176 Å². The highest BCUT2D eigenvalue weighted by molar-refractivity contribution is 7.19. The first-order chi connectivity index (χ1) is 14.0. The van der Waals surface area contributed by atoms with Crippen LogP contribution in [-0.4, -0.2) is 22.6 Å². The Bertz CT molecular complexity index is 1280. The molecular formula is C22H17ClN2O3S. The molecule has 0 atom stereocenters. The second-order valence-corrected chi connectivity index (χ2v) is 8.23. The van der Waals surface area contributed by atoms with Gasteiger partial charge >= 0.3 is 5.97 Å². The summed E-state index contributed by atoms with van der Waals surface area (Å²) in [7, 11) is 1.34. The standard InChI is InChI=1S/C22H17ClN2O3S/c1-13-18(15-6-8-17(23)9-7-15)19-20(29-13)24-12-25(21(19)26)11-14-4-3-5-16(10-14)22(27)28-2/h3-10,12H,11H2,1-2H3. The van der Waals surface area contributed by atoms with Crippen LogP contribution >= 0.6 is 22.9 Å². The molecule has 0 aliphatic carbocycles. The van der Waals surface area contributed by atoms with Gasteiger partial charge in [-0.3, -0.25) is 9.36 Å². The smallest absolute Gasteiger partial charge is 0.337 e. The van der Waals surface area contributed by atoms with Gasteiger partial charge in [-0.2, -0.15) is 0 Å². The third kappa shape index (κ3) is 3.69. The lowest BCUT2D eigenvalue weighted by molar-refractivity contribution is 0.0600. The molecule has 2 heterocycles. The number of hydrogen-bond acceptors (Lipinski definition) is 5. The first-order valence-electron chi connectivity index (χ1n) is 8.89. The molecule has 0 fully saturated rings. The number of rotatable bonds is 4. The first-order valence-corrected chi connectivity index (χ1v) is 10.1. The van der Waals surface area contributed by atoms with Crippen LogP contribution in [0.15, 0.2) is 59.7 Å². The zero-order valence-corrected chi connectivity index (χ0v) is 17.4. The third-order valence-corrected chi connectivity index (χ3v) is 5.95. The summed E-state index contributed by atoms with van der Waals surface area (Å²) in [5.74, 6) is -0.411. The number of carbonyl (C=O) groups is 1. The fourth-order valence-electron chi connectivity index (χ4n) is 3.33. The monoisotopic (exact) mass is 424 g/mol. The molecule has 146 valence electrons. The van der Waals surface area contributed by atoms with Crippen molar-refractivity contribution in [3.8, 4) is 11.1 Å². The summed E-state index contributed by atoms with van der Waals surface area (Å²) in [6.07, 6.45) is 1.55. The molecule has 0 bridgehead atoms. The molecule has 2 aromatic heterocycles. The molecule has 4 rings (SSSR count). The Morgan fingerprint density at radius 1 is 1.21 bits per heavy atom. The number of ether oxygens (including phenoxy) is 1. The van der Waals surface area contributed by atoms with Crippen LogP contribution in [0.25, 0.3) is 21.3 Å². The van der Waals surface area contributed by atoms with Crippen molar-refractivity contribution in [2.45, 2.75) is 13.5 Å². The molecule has 29 heavy (non-hydrogen) atoms. The van der Waals surface area contributed by atoms with E-state index in [9.17, 15) is 9.59 Å². The van der Waals surface area contributed by atoms with Crippen molar-refractivity contribution in [1.82, 2.24) is 9.55 Å². The number of esters is 1. The molecule has 0 unspecified atom stereocenters. The van der Waals surface area contributed by atoms with Crippen LogP contribution in [0.2, 0.25) is 5.02 Å². The number of hydrogen-bond donors (Lipinski definition) is 0. The average Bonchev–Trinajstić information content (AvgIpc) is 3.07. The van der Waals surface area contributed by atoms with E-state index in [0.29, 0.717) is 27.3 Å². The number of aromatic nitrogens is 2. The minimum atomic E-state index is -0.411. The Kier molecular flexibility index (Phi) is 5.22. The predicted octanol–water partition coefficient (Wildman–Crippen LogP) is 4.92. The molecule has 4 aromatic rings. The molecule has 5 nitrogen and oxygen atoms in total. The first kappa shape index (κ1) is 19.4. The van der Waals surface area contributed by atoms with E-state index < -0.39 is 5.97 Å². The Hall–Kier alpha value is -2.96. The zero-order valence-electron chi connectivity index (χ0n) is 15.8. The van der Waals surface area contributed by atoms with E-state index in [-0.39, 0.29) is 5.56 Å². The SMILES string of the molecule is COC(=O)c1cccc(Cn2cnc3sc(C)c(-c4ccc(Cl)cc4)c3c2=O)c1. The number of aryl methyl sites for hydroxylation is 1. The summed E-state index contributed by atoms with van der Waals surface area (Å²) >= 11 is 7.51. The number of carbonyl (C=O) groups excluding carboxylic acids is 1. The van der Waals surface area contributed by atoms with E-state index >= 15 is 0 Å². The van der Waals surface area contributed by atoms with Crippen molar-refractivity contribution >= 4 is 39.1 Å². The lowest BCUT2D eigenvalue weighted by Crippen LogP contribution is -2.21. The van der Waals surface area contributed by atoms with Gasteiger partial charge in [-0.1, -0.05) is 35.9 Å². The van der Waals surface area contributed by atoms with E-state index in [1.165, 1.54) is 18.4 Å². The maximum absolute atomic E-state index is 13.3. The van der Waals surface area contributed by atoms with E-state index in [0.717, 1.165) is 21.6 Å². The van der Waals surface area contributed by atoms with Gasteiger partial charge in [0.05, 0.1) is 30.9 Å². The maximum Gasteiger partial charge on any atom is 0.337 e. The zero-order chi connectivity index (χ0) is 20.5. The normalized spacial score (nSPS) is 11.0. The van der Waals surface area contributed by atoms with Crippen molar-refractivity contribution in [2.75, 3.05) is 7.11 Å². The highest BCUT2D eigenvalue weighted by Gasteiger charge is 2.17. The Morgan fingerprint density at radius 2 is 1.97 bits per heavy atom. The number of benzene rings is 2. The summed E-state index contributed by atoms with van der Waals surface area (Å²) in [5.41, 5.74) is 2.96. The minimum absolute atomic E-state index is 0.118. The maximum atomic E-state index is 13.3. The largest absolute Gasteiger partial charge is 0.465 e. The second kappa shape index (κ2) is 7.81. The van der Waals surface area contributed by atoms with Crippen molar-refractivity contribution < 1.29 is 9.53 Å². The van der Waals surface area contributed by atoms with Crippen LogP contribution in [0.5, 0.6) is 0 Å². The van der Waals surface area contributed by atoms with Gasteiger partial charge in [-0.15, -0.1) is 11.3 Å². The number of fused-ring (bicyclic) bond motifs is 1. The van der Waals surface area contributed by atoms with E-state index in [1.807, 2.05) is 37.3 Å². The summed E-state index contributed by atoms with van der Waals surface area (Å²) in [6.45, 7) is 2.29. The summed E-state index contributed by atoms with van der Waals surface area (Å²) in [4.78, 5) is 31.3. The lowest BCUT2D eigenvalue weighted by atomic mass is 10.0. The van der Waals surface area contributed by atoms with Gasteiger partial charge in [0.25, 0.3) is 5.56 Å². The summed E-state index contributed by atoms with van der Waals surface area (Å²) in [5, 5.41) is 1.24. The van der Waals surface area contributed by atoms with Crippen LogP contribution in [0.4, 0.5) is 0 Å². The van der Waals surface area contributed by atoms with Gasteiger partial charge in [0, 0.05) is 15.5 Å². The summed E-state index contributed by atoms with van der Waals surface area (Å²) in [6, 6.07) is 14.5. The number of methoxy groups -OCH3 is 1. The van der Waals surface area contributed by atoms with Crippen LogP contribution in [0.3, 0.4) is 0 Å². The second-order valence-electron chi connectivity index (χ2n) is 6.59. The Balaban J connectivity index is 1.81. The molecule has 0 aliphatic rings. The minimum Gasteiger partial charge on any atom is -0.465 e. The molecule has 0 saturated heterocycles. The quantitative estimate of drug-likeness (QED) is 0.436. The van der Waals surface area contributed by atoms with Gasteiger partial charge in [0.15, 0.2) is 0 Å². The van der Waals surface area contributed by atoms with Crippen LogP contribution in [0.1, 0.15) is 20.8 Å². The van der Waals surface area contributed by atoms with Crippen molar-refractivity contribution in [3.63, 3.8) is 0 Å². The molecule has 0 N–H and O–H groups in total. The predicted molar refractivity (Wildman–Crippen MR) is 116 cm³/mol. The fourth-order valence-corrected chi connectivity index (χ4v) is 4.45. The number of halogens is 1. The molecule has 0 spiro atoms. The van der Waals surface area contributed by atoms with Crippen LogP contribution in [-0.2, 0) is 11.3 Å². The fraction of sp³-hybridized carbons (Fsp3) is 0.136. The molecule has 0 radical (unpaired) electrons. The van der Waals surface area contributed by atoms with E-state index in [1.54, 1.807) is 29.1 Å². The van der Waals surface area contributed by atoms with Crippen molar-refractivity contribution in [3.05, 3.63) is 86.2 Å². The highest BCUT2D eigenvalue weighted by Crippen LogP contribution is 2.35. The number of nitrogens with zero attached hydrogens (tertiary/aromatic N) is 2. The molecule has 0 amide bonds. The van der Waals surface area contributed by atoms with Gasteiger partial charge in [-0.05, 0) is 42.3 Å².